The topological polar surface area (TPSA) is 167 Å². The maximum atomic E-state index is 11.9. The van der Waals surface area contributed by atoms with Crippen molar-refractivity contribution in [3.63, 3.8) is 0 Å². The third-order valence-electron chi connectivity index (χ3n) is 7.06. The number of hydrogen-bond donors (Lipinski definition) is 4. The lowest BCUT2D eigenvalue weighted by atomic mass is 9.60. The van der Waals surface area contributed by atoms with Crippen LogP contribution < -0.4 is 17.2 Å². The number of amides is 2. The highest BCUT2D eigenvalue weighted by atomic mass is 16.1. The predicted octanol–water partition coefficient (Wildman–Crippen LogP) is 1.10. The average molecular weight is 432 g/mol. The first-order chi connectivity index (χ1) is 15.3. The van der Waals surface area contributed by atoms with E-state index in [2.05, 4.69) is 20.6 Å². The molecule has 1 saturated carbocycles. The maximum absolute atomic E-state index is 11.9. The van der Waals surface area contributed by atoms with E-state index in [4.69, 9.17) is 17.2 Å². The number of H-pyrrole nitrogens is 1. The van der Waals surface area contributed by atoms with Crippen LogP contribution in [-0.2, 0) is 18.3 Å². The minimum absolute atomic E-state index is 0.385. The zero-order chi connectivity index (χ0) is 22.5. The van der Waals surface area contributed by atoms with E-state index in [1.54, 1.807) is 12.1 Å². The highest BCUT2D eigenvalue weighted by Crippen LogP contribution is 2.51. The van der Waals surface area contributed by atoms with Crippen molar-refractivity contribution in [1.82, 2.24) is 20.6 Å². The van der Waals surface area contributed by atoms with Gasteiger partial charge in [-0.1, -0.05) is 17.3 Å². The van der Waals surface area contributed by atoms with Gasteiger partial charge in [-0.3, -0.25) is 9.59 Å². The lowest BCUT2D eigenvalue weighted by Crippen LogP contribution is -2.52. The average Bonchev–Trinajstić information content (AvgIpc) is 3.26. The summed E-state index contributed by atoms with van der Waals surface area (Å²) in [6, 6.07) is 11.0. The van der Waals surface area contributed by atoms with E-state index in [1.165, 1.54) is 0 Å². The van der Waals surface area contributed by atoms with Crippen LogP contribution in [0.15, 0.2) is 36.4 Å². The third kappa shape index (κ3) is 3.08. The van der Waals surface area contributed by atoms with Gasteiger partial charge in [0.25, 0.3) is 0 Å². The molecule has 2 amide bonds. The Hall–Kier alpha value is -3.59. The second-order valence-corrected chi connectivity index (χ2v) is 9.01. The van der Waals surface area contributed by atoms with E-state index >= 15 is 0 Å². The first-order valence-electron chi connectivity index (χ1n) is 10.7. The molecule has 2 aliphatic rings. The molecular formula is C23H25N7O2. The fraction of sp³-hybridized carbons (Fsp3) is 0.348. The number of nitrogens with one attached hydrogen (secondary N) is 1. The summed E-state index contributed by atoms with van der Waals surface area (Å²) < 4.78 is 0. The number of hydrogen-bond acceptors (Lipinski definition) is 6. The second-order valence-electron chi connectivity index (χ2n) is 9.01. The molecular weight excluding hydrogens is 406 g/mol. The lowest BCUT2D eigenvalue weighted by molar-refractivity contribution is 0.0991. The van der Waals surface area contributed by atoms with Crippen molar-refractivity contribution < 1.29 is 9.59 Å². The first kappa shape index (κ1) is 20.3. The van der Waals surface area contributed by atoms with Gasteiger partial charge in [0.2, 0.25) is 11.8 Å². The number of benzene rings is 2. The van der Waals surface area contributed by atoms with Crippen LogP contribution in [0.5, 0.6) is 0 Å². The van der Waals surface area contributed by atoms with Crippen LogP contribution in [0.25, 0.3) is 0 Å². The Morgan fingerprint density at radius 2 is 1.50 bits per heavy atom. The molecule has 7 N–H and O–H groups in total. The molecule has 0 unspecified atom stereocenters. The highest BCUT2D eigenvalue weighted by molar-refractivity contribution is 5.94. The smallest absolute Gasteiger partial charge is 0.248 e. The van der Waals surface area contributed by atoms with Crippen molar-refractivity contribution >= 4 is 11.8 Å². The van der Waals surface area contributed by atoms with Crippen LogP contribution in [0.2, 0.25) is 0 Å². The highest BCUT2D eigenvalue weighted by Gasteiger charge is 2.50. The van der Waals surface area contributed by atoms with E-state index in [1.807, 2.05) is 24.3 Å². The standard InChI is InChI=1S/C23H25N7O2/c24-19(31)15-4-6-17-13(10-15)2-3-14-11-16(20(25)32)5-7-18(14)23(17,21-27-29-30-28-21)12-22(26)8-1-9-22/h4-7,10-11H,1-3,8-9,12,26H2,(H2,24,31)(H2,25,32)(H,27,28,29,30). The van der Waals surface area contributed by atoms with Crippen LogP contribution in [0.3, 0.4) is 0 Å². The lowest BCUT2D eigenvalue weighted by Gasteiger charge is -2.46. The molecule has 5 rings (SSSR count). The van der Waals surface area contributed by atoms with Gasteiger partial charge in [-0.05, 0) is 85.0 Å². The molecule has 9 nitrogen and oxygen atoms in total. The molecule has 164 valence electrons. The molecule has 2 aromatic carbocycles. The van der Waals surface area contributed by atoms with Crippen molar-refractivity contribution in [3.8, 4) is 0 Å². The minimum Gasteiger partial charge on any atom is -0.366 e. The second kappa shape index (κ2) is 7.23. The predicted molar refractivity (Wildman–Crippen MR) is 117 cm³/mol. The SMILES string of the molecule is NC(=O)c1ccc2c(c1)CCc1cc(C(N)=O)ccc1C2(CC1(N)CCC1)c1nn[nH]n1. The van der Waals surface area contributed by atoms with Crippen LogP contribution in [0.1, 0.15) is 74.5 Å². The molecule has 9 heteroatoms. The van der Waals surface area contributed by atoms with Gasteiger partial charge in [-0.15, -0.1) is 10.2 Å². The summed E-state index contributed by atoms with van der Waals surface area (Å²) in [5.41, 5.74) is 21.6. The summed E-state index contributed by atoms with van der Waals surface area (Å²) in [4.78, 5) is 23.8. The number of aromatic nitrogens is 4. The van der Waals surface area contributed by atoms with Crippen LogP contribution in [0.4, 0.5) is 0 Å². The summed E-state index contributed by atoms with van der Waals surface area (Å²) in [5.74, 6) is -0.452. The van der Waals surface area contributed by atoms with E-state index in [9.17, 15) is 9.59 Å². The van der Waals surface area contributed by atoms with Crippen molar-refractivity contribution in [3.05, 3.63) is 75.6 Å². The molecule has 2 aliphatic carbocycles. The molecule has 0 saturated heterocycles. The molecule has 0 radical (unpaired) electrons. The molecule has 3 aromatic rings. The number of primary amides is 2. The molecule has 32 heavy (non-hydrogen) atoms. The van der Waals surface area contributed by atoms with Gasteiger partial charge in [0.15, 0.2) is 5.82 Å². The van der Waals surface area contributed by atoms with Crippen molar-refractivity contribution in [2.24, 2.45) is 17.2 Å². The number of carbonyl (C=O) groups excluding carboxylic acids is 2. The Kier molecular flexibility index (Phi) is 4.59. The van der Waals surface area contributed by atoms with Crippen molar-refractivity contribution in [2.75, 3.05) is 0 Å². The normalized spacial score (nSPS) is 18.0. The quantitative estimate of drug-likeness (QED) is 0.472. The Bertz CT molecular complexity index is 1150. The summed E-state index contributed by atoms with van der Waals surface area (Å²) in [6.45, 7) is 0. The van der Waals surface area contributed by atoms with E-state index in [-0.39, 0.29) is 5.54 Å². The minimum atomic E-state index is -0.796. The summed E-state index contributed by atoms with van der Waals surface area (Å²) in [6.07, 6.45) is 4.75. The maximum Gasteiger partial charge on any atom is 0.248 e. The van der Waals surface area contributed by atoms with Gasteiger partial charge in [-0.25, -0.2) is 0 Å². The van der Waals surface area contributed by atoms with E-state index in [0.29, 0.717) is 36.2 Å². The Morgan fingerprint density at radius 3 is 1.91 bits per heavy atom. The number of aromatic amines is 1. The number of carbonyl (C=O) groups is 2. The third-order valence-corrected chi connectivity index (χ3v) is 7.06. The largest absolute Gasteiger partial charge is 0.366 e. The van der Waals surface area contributed by atoms with Gasteiger partial charge in [0.05, 0.1) is 5.41 Å². The van der Waals surface area contributed by atoms with Gasteiger partial charge in [0.1, 0.15) is 0 Å². The number of nitrogens with two attached hydrogens (primary N) is 3. The molecule has 0 atom stereocenters. The van der Waals surface area contributed by atoms with Gasteiger partial charge < -0.3 is 17.2 Å². The summed E-state index contributed by atoms with van der Waals surface area (Å²) >= 11 is 0. The van der Waals surface area contributed by atoms with Gasteiger partial charge >= 0.3 is 0 Å². The monoisotopic (exact) mass is 431 g/mol. The zero-order valence-corrected chi connectivity index (χ0v) is 17.6. The molecule has 1 fully saturated rings. The number of rotatable bonds is 5. The molecule has 0 bridgehead atoms. The number of nitrogens with zero attached hydrogens (tertiary/aromatic N) is 3. The van der Waals surface area contributed by atoms with Crippen LogP contribution in [-0.4, -0.2) is 38.0 Å². The number of tetrazole rings is 1. The van der Waals surface area contributed by atoms with E-state index in [0.717, 1.165) is 41.5 Å². The van der Waals surface area contributed by atoms with Gasteiger partial charge in [-0.2, -0.15) is 5.21 Å². The van der Waals surface area contributed by atoms with Gasteiger partial charge in [0, 0.05) is 16.7 Å². The Balaban J connectivity index is 1.83. The fourth-order valence-corrected chi connectivity index (χ4v) is 5.34. The van der Waals surface area contributed by atoms with Crippen molar-refractivity contribution in [2.45, 2.75) is 49.5 Å². The van der Waals surface area contributed by atoms with Crippen LogP contribution >= 0.6 is 0 Å². The molecule has 0 spiro atoms. The zero-order valence-electron chi connectivity index (χ0n) is 17.6. The van der Waals surface area contributed by atoms with E-state index < -0.39 is 17.2 Å². The Labute approximate surface area is 184 Å². The first-order valence-corrected chi connectivity index (χ1v) is 10.7. The molecule has 0 aliphatic heterocycles. The summed E-state index contributed by atoms with van der Waals surface area (Å²) in [5, 5.41) is 15.3. The Morgan fingerprint density at radius 1 is 0.938 bits per heavy atom. The number of aryl methyl sites for hydroxylation is 2. The summed E-state index contributed by atoms with van der Waals surface area (Å²) in [7, 11) is 0. The fourth-order valence-electron chi connectivity index (χ4n) is 5.34. The van der Waals surface area contributed by atoms with Crippen molar-refractivity contribution in [1.29, 1.82) is 0 Å². The molecule has 1 heterocycles. The number of fused-ring (bicyclic) bond motifs is 2. The molecule has 1 aromatic heterocycles. The van der Waals surface area contributed by atoms with Crippen LogP contribution in [0, 0.1) is 0 Å².